The van der Waals surface area contributed by atoms with Crippen molar-refractivity contribution < 1.29 is 19.0 Å². The lowest BCUT2D eigenvalue weighted by molar-refractivity contribution is -0.147. The summed E-state index contributed by atoms with van der Waals surface area (Å²) in [7, 11) is 1.63. The molecular weight excluding hydrogens is 320 g/mol. The first-order valence-electron chi connectivity index (χ1n) is 9.04. The van der Waals surface area contributed by atoms with Crippen LogP contribution in [0.1, 0.15) is 45.1 Å². The molecule has 140 valence electrons. The molecule has 0 unspecified atom stereocenters. The lowest BCUT2D eigenvalue weighted by Crippen LogP contribution is -2.48. The van der Waals surface area contributed by atoms with Crippen LogP contribution in [-0.4, -0.2) is 43.4 Å². The second-order valence-electron chi connectivity index (χ2n) is 6.77. The molecule has 6 heteroatoms. The van der Waals surface area contributed by atoms with E-state index in [-0.39, 0.29) is 5.91 Å². The molecule has 0 spiro atoms. The van der Waals surface area contributed by atoms with Gasteiger partial charge in [-0.05, 0) is 45.1 Å². The van der Waals surface area contributed by atoms with Crippen LogP contribution in [0.2, 0.25) is 0 Å². The maximum Gasteiger partial charge on any atom is 0.256 e. The van der Waals surface area contributed by atoms with E-state index in [4.69, 9.17) is 14.2 Å². The predicted octanol–water partition coefficient (Wildman–Crippen LogP) is 3.34. The second kappa shape index (κ2) is 9.15. The van der Waals surface area contributed by atoms with Gasteiger partial charge in [-0.3, -0.25) is 4.79 Å². The van der Waals surface area contributed by atoms with Gasteiger partial charge in [0.25, 0.3) is 5.91 Å². The number of anilines is 1. The molecule has 1 N–H and O–H groups in total. The van der Waals surface area contributed by atoms with Crippen LogP contribution in [0, 0.1) is 12.8 Å². The molecule has 1 amide bonds. The Bertz CT molecular complexity index is 575. The summed E-state index contributed by atoms with van der Waals surface area (Å²) in [6.07, 6.45) is 5.31. The molecule has 6 nitrogen and oxygen atoms in total. The highest BCUT2D eigenvalue weighted by Gasteiger charge is 2.42. The smallest absolute Gasteiger partial charge is 0.256 e. The van der Waals surface area contributed by atoms with Crippen LogP contribution in [0.4, 0.5) is 5.69 Å². The van der Waals surface area contributed by atoms with Gasteiger partial charge in [0.05, 0.1) is 18.5 Å². The highest BCUT2D eigenvalue weighted by Crippen LogP contribution is 2.36. The van der Waals surface area contributed by atoms with Crippen LogP contribution in [0.3, 0.4) is 0 Å². The number of aromatic nitrogens is 1. The molecular formula is C19H30N2O4. The van der Waals surface area contributed by atoms with Gasteiger partial charge >= 0.3 is 0 Å². The quantitative estimate of drug-likeness (QED) is 0.728. The van der Waals surface area contributed by atoms with Crippen LogP contribution < -0.4 is 10.1 Å². The number of hydrogen-bond donors (Lipinski definition) is 1. The number of rotatable bonds is 8. The minimum Gasteiger partial charge on any atom is -0.475 e. The fourth-order valence-corrected chi connectivity index (χ4v) is 3.43. The van der Waals surface area contributed by atoms with Gasteiger partial charge in [0.2, 0.25) is 5.88 Å². The fraction of sp³-hybridized carbons (Fsp3) is 0.684. The van der Waals surface area contributed by atoms with Crippen molar-refractivity contribution in [3.8, 4) is 5.88 Å². The maximum absolute atomic E-state index is 12.9. The van der Waals surface area contributed by atoms with Crippen LogP contribution in [0.5, 0.6) is 5.88 Å². The Morgan fingerprint density at radius 3 is 2.88 bits per heavy atom. The number of amides is 1. The largest absolute Gasteiger partial charge is 0.475 e. The monoisotopic (exact) mass is 350 g/mol. The van der Waals surface area contributed by atoms with E-state index in [0.717, 1.165) is 31.2 Å². The molecule has 1 heterocycles. The standard InChI is InChI=1S/C19H30N2O4/c1-5-25-19(8-6-7-14(2)12-19)18(22)21-16-11-15(3)17(20-13-16)24-10-9-23-4/h11,13-14H,5-10,12H2,1-4H3,(H,21,22)/t14-,19+/m0/s1. The molecule has 0 bridgehead atoms. The number of pyridine rings is 1. The zero-order chi connectivity index (χ0) is 18.3. The molecule has 1 aliphatic rings. The van der Waals surface area contributed by atoms with Crippen molar-refractivity contribution in [1.82, 2.24) is 4.98 Å². The number of carbonyl (C=O) groups excluding carboxylic acids is 1. The Balaban J connectivity index is 2.06. The van der Waals surface area contributed by atoms with Crippen molar-refractivity contribution in [1.29, 1.82) is 0 Å². The van der Waals surface area contributed by atoms with Crippen molar-refractivity contribution in [2.24, 2.45) is 5.92 Å². The summed E-state index contributed by atoms with van der Waals surface area (Å²) in [6, 6.07) is 1.87. The summed E-state index contributed by atoms with van der Waals surface area (Å²) in [4.78, 5) is 17.2. The van der Waals surface area contributed by atoms with Crippen molar-refractivity contribution in [2.45, 2.75) is 52.1 Å². The van der Waals surface area contributed by atoms with Gasteiger partial charge in [0, 0.05) is 19.3 Å². The first-order chi connectivity index (χ1) is 12.0. The Labute approximate surface area is 150 Å². The molecule has 1 aromatic heterocycles. The van der Waals surface area contributed by atoms with Crippen LogP contribution in [-0.2, 0) is 14.3 Å². The number of aryl methyl sites for hydroxylation is 1. The molecule has 25 heavy (non-hydrogen) atoms. The molecule has 1 aliphatic carbocycles. The molecule has 2 rings (SSSR count). The Morgan fingerprint density at radius 2 is 2.24 bits per heavy atom. The molecule has 1 saturated carbocycles. The number of ether oxygens (including phenoxy) is 3. The van der Waals surface area contributed by atoms with Gasteiger partial charge in [0.1, 0.15) is 12.2 Å². The van der Waals surface area contributed by atoms with Crippen LogP contribution >= 0.6 is 0 Å². The summed E-state index contributed by atoms with van der Waals surface area (Å²) in [5.74, 6) is 0.971. The van der Waals surface area contributed by atoms with Gasteiger partial charge in [0.15, 0.2) is 0 Å². The summed E-state index contributed by atoms with van der Waals surface area (Å²) in [6.45, 7) is 7.51. The third kappa shape index (κ3) is 5.16. The second-order valence-corrected chi connectivity index (χ2v) is 6.77. The van der Waals surface area contributed by atoms with Gasteiger partial charge in [-0.1, -0.05) is 13.3 Å². The van der Waals surface area contributed by atoms with E-state index in [9.17, 15) is 4.79 Å². The van der Waals surface area contributed by atoms with E-state index in [1.807, 2.05) is 19.9 Å². The summed E-state index contributed by atoms with van der Waals surface area (Å²) in [5, 5.41) is 2.99. The molecule has 0 saturated heterocycles. The van der Waals surface area contributed by atoms with Crippen molar-refractivity contribution in [3.63, 3.8) is 0 Å². The highest BCUT2D eigenvalue weighted by atomic mass is 16.5. The summed E-state index contributed by atoms with van der Waals surface area (Å²) >= 11 is 0. The predicted molar refractivity (Wildman–Crippen MR) is 97.0 cm³/mol. The molecule has 0 aromatic carbocycles. The third-order valence-electron chi connectivity index (χ3n) is 4.60. The van der Waals surface area contributed by atoms with Crippen molar-refractivity contribution >= 4 is 11.6 Å². The average Bonchev–Trinajstić information content (AvgIpc) is 2.57. The minimum absolute atomic E-state index is 0.0739. The number of nitrogens with one attached hydrogen (secondary N) is 1. The summed E-state index contributed by atoms with van der Waals surface area (Å²) < 4.78 is 16.4. The first kappa shape index (κ1) is 19.7. The first-order valence-corrected chi connectivity index (χ1v) is 9.04. The topological polar surface area (TPSA) is 69.7 Å². The van der Waals surface area contributed by atoms with Gasteiger partial charge in [-0.25, -0.2) is 4.98 Å². The van der Waals surface area contributed by atoms with E-state index in [2.05, 4.69) is 17.2 Å². The third-order valence-corrected chi connectivity index (χ3v) is 4.60. The highest BCUT2D eigenvalue weighted by molar-refractivity contribution is 5.97. The zero-order valence-electron chi connectivity index (χ0n) is 15.8. The maximum atomic E-state index is 12.9. The van der Waals surface area contributed by atoms with Crippen molar-refractivity contribution in [2.75, 3.05) is 32.2 Å². The average molecular weight is 350 g/mol. The Morgan fingerprint density at radius 1 is 1.44 bits per heavy atom. The lowest BCUT2D eigenvalue weighted by Gasteiger charge is -2.38. The Kier molecular flexibility index (Phi) is 7.20. The van der Waals surface area contributed by atoms with E-state index < -0.39 is 5.60 Å². The number of nitrogens with zero attached hydrogens (tertiary/aromatic N) is 1. The van der Waals surface area contributed by atoms with Gasteiger partial charge in [-0.2, -0.15) is 0 Å². The van der Waals surface area contributed by atoms with E-state index in [0.29, 0.717) is 37.3 Å². The molecule has 0 radical (unpaired) electrons. The van der Waals surface area contributed by atoms with Crippen LogP contribution in [0.15, 0.2) is 12.3 Å². The number of hydrogen-bond acceptors (Lipinski definition) is 5. The molecule has 2 atom stereocenters. The molecule has 1 aromatic rings. The van der Waals surface area contributed by atoms with Gasteiger partial charge in [-0.15, -0.1) is 0 Å². The summed E-state index contributed by atoms with van der Waals surface area (Å²) in [5.41, 5.74) is 0.809. The number of carbonyl (C=O) groups is 1. The molecule has 1 fully saturated rings. The van der Waals surface area contributed by atoms with Crippen molar-refractivity contribution in [3.05, 3.63) is 17.8 Å². The normalized spacial score (nSPS) is 23.3. The fourth-order valence-electron chi connectivity index (χ4n) is 3.43. The number of methoxy groups -OCH3 is 1. The zero-order valence-corrected chi connectivity index (χ0v) is 15.8. The minimum atomic E-state index is -0.728. The van der Waals surface area contributed by atoms with E-state index >= 15 is 0 Å². The van der Waals surface area contributed by atoms with Crippen LogP contribution in [0.25, 0.3) is 0 Å². The lowest BCUT2D eigenvalue weighted by atomic mass is 9.78. The van der Waals surface area contributed by atoms with E-state index in [1.165, 1.54) is 0 Å². The molecule has 0 aliphatic heterocycles. The van der Waals surface area contributed by atoms with Gasteiger partial charge < -0.3 is 19.5 Å². The van der Waals surface area contributed by atoms with E-state index in [1.54, 1.807) is 13.3 Å². The Hall–Kier alpha value is -1.66. The SMILES string of the molecule is CCO[C@]1(C(=O)Nc2cnc(OCCOC)c(C)c2)CCC[C@H](C)C1.